The maximum absolute atomic E-state index is 12.8. The summed E-state index contributed by atoms with van der Waals surface area (Å²) >= 11 is 1.39. The Morgan fingerprint density at radius 2 is 2.07 bits per heavy atom. The van der Waals surface area contributed by atoms with Crippen molar-refractivity contribution in [3.63, 3.8) is 0 Å². The lowest BCUT2D eigenvalue weighted by atomic mass is 10.3. The maximum Gasteiger partial charge on any atom is 0.278 e. The van der Waals surface area contributed by atoms with Gasteiger partial charge in [-0.05, 0) is 24.8 Å². The highest BCUT2D eigenvalue weighted by Gasteiger charge is 2.18. The Kier molecular flexibility index (Phi) is 5.20. The first-order chi connectivity index (χ1) is 12.7. The molecule has 0 saturated heterocycles. The molecule has 0 atom stereocenters. The third-order valence-corrected chi connectivity index (χ3v) is 4.89. The fraction of sp³-hybridized carbons (Fsp3) is 0.294. The number of aryl methyl sites for hydroxylation is 1. The zero-order valence-corrected chi connectivity index (χ0v) is 17.2. The highest BCUT2D eigenvalue weighted by atomic mass is 32.2. The van der Waals surface area contributed by atoms with Gasteiger partial charge < -0.3 is 0 Å². The first-order valence-corrected chi connectivity index (χ1v) is 11.6. The van der Waals surface area contributed by atoms with Crippen LogP contribution in [0.25, 0.3) is 16.9 Å². The Balaban J connectivity index is 2.38. The molecule has 0 radical (unpaired) electrons. The Morgan fingerprint density at radius 1 is 1.33 bits per heavy atom. The molecule has 8 nitrogen and oxygen atoms in total. The van der Waals surface area contributed by atoms with E-state index in [-0.39, 0.29) is 12.1 Å². The zero-order valence-electron chi connectivity index (χ0n) is 15.5. The summed E-state index contributed by atoms with van der Waals surface area (Å²) in [6.45, 7) is 5.85. The van der Waals surface area contributed by atoms with Crippen LogP contribution < -0.4 is 5.56 Å². The number of hydrogen-bond acceptors (Lipinski definition) is 7. The minimum atomic E-state index is -2.38. The summed E-state index contributed by atoms with van der Waals surface area (Å²) in [5.41, 5.74) is 1.02. The predicted octanol–water partition coefficient (Wildman–Crippen LogP) is 2.55. The summed E-state index contributed by atoms with van der Waals surface area (Å²) in [6.07, 6.45) is 8.13. The molecule has 27 heavy (non-hydrogen) atoms. The topological polar surface area (TPSA) is 95.0 Å². The smallest absolute Gasteiger partial charge is 0.267 e. The van der Waals surface area contributed by atoms with E-state index < -0.39 is 9.73 Å². The number of nitrogens with zero attached hydrogens (tertiary/aromatic N) is 6. The Labute approximate surface area is 161 Å². The largest absolute Gasteiger partial charge is 0.278 e. The van der Waals surface area contributed by atoms with Gasteiger partial charge in [0.15, 0.2) is 22.4 Å². The van der Waals surface area contributed by atoms with E-state index in [4.69, 9.17) is 0 Å². The van der Waals surface area contributed by atoms with Gasteiger partial charge in [-0.3, -0.25) is 4.79 Å². The molecule has 3 rings (SSSR count). The molecule has 0 N–H and O–H groups in total. The number of aromatic nitrogens is 5. The summed E-state index contributed by atoms with van der Waals surface area (Å²) in [6, 6.07) is 3.61. The minimum absolute atomic E-state index is 0.229. The predicted molar refractivity (Wildman–Crippen MR) is 110 cm³/mol. The molecule has 10 heteroatoms. The Morgan fingerprint density at radius 3 is 2.70 bits per heavy atom. The van der Waals surface area contributed by atoms with Gasteiger partial charge in [-0.25, -0.2) is 28.5 Å². The molecule has 0 fully saturated rings. The summed E-state index contributed by atoms with van der Waals surface area (Å²) < 4.78 is 19.5. The maximum atomic E-state index is 12.8. The molecular formula is C17H20N6O2S2. The number of pyridine rings is 1. The molecule has 0 amide bonds. The second-order valence-corrected chi connectivity index (χ2v) is 9.48. The van der Waals surface area contributed by atoms with Crippen molar-refractivity contribution in [3.8, 4) is 5.82 Å². The van der Waals surface area contributed by atoms with Crippen LogP contribution in [0.3, 0.4) is 0 Å². The second kappa shape index (κ2) is 7.28. The van der Waals surface area contributed by atoms with Gasteiger partial charge in [0.2, 0.25) is 0 Å². The van der Waals surface area contributed by atoms with Crippen LogP contribution in [0, 0.1) is 6.92 Å². The van der Waals surface area contributed by atoms with Gasteiger partial charge in [0.25, 0.3) is 5.56 Å². The summed E-state index contributed by atoms with van der Waals surface area (Å²) in [5, 5.41) is 0.944. The van der Waals surface area contributed by atoms with Crippen LogP contribution in [0.4, 0.5) is 5.82 Å². The van der Waals surface area contributed by atoms with Gasteiger partial charge in [-0.2, -0.15) is 4.36 Å². The molecular weight excluding hydrogens is 384 g/mol. The van der Waals surface area contributed by atoms with E-state index in [1.807, 2.05) is 19.2 Å². The second-order valence-electron chi connectivity index (χ2n) is 6.16. The molecule has 0 spiro atoms. The molecule has 0 aromatic carbocycles. The third kappa shape index (κ3) is 3.81. The van der Waals surface area contributed by atoms with Crippen LogP contribution >= 0.6 is 11.8 Å². The highest BCUT2D eigenvalue weighted by molar-refractivity contribution is 7.98. The van der Waals surface area contributed by atoms with Gasteiger partial charge in [0, 0.05) is 28.4 Å². The van der Waals surface area contributed by atoms with Gasteiger partial charge in [0.05, 0.1) is 6.54 Å². The monoisotopic (exact) mass is 404 g/mol. The SMILES string of the molecule is C=CCn1c(=O)c2cnc(SC)nc2n1-c1ccc(C)c(N=S(C)(C)=O)n1. The van der Waals surface area contributed by atoms with E-state index in [2.05, 4.69) is 25.9 Å². The number of rotatable bonds is 5. The van der Waals surface area contributed by atoms with E-state index in [9.17, 15) is 9.00 Å². The Hall–Kier alpha value is -2.46. The molecule has 3 aromatic rings. The van der Waals surface area contributed by atoms with Crippen LogP contribution in [0.1, 0.15) is 5.56 Å². The zero-order chi connectivity index (χ0) is 19.8. The number of thioether (sulfide) groups is 1. The average molecular weight is 405 g/mol. The van der Waals surface area contributed by atoms with Crippen LogP contribution in [0.15, 0.2) is 45.3 Å². The summed E-state index contributed by atoms with van der Waals surface area (Å²) in [7, 11) is -2.38. The fourth-order valence-corrected chi connectivity index (χ4v) is 3.49. The van der Waals surface area contributed by atoms with Gasteiger partial charge >= 0.3 is 0 Å². The van der Waals surface area contributed by atoms with E-state index in [1.54, 1.807) is 29.3 Å². The lowest BCUT2D eigenvalue weighted by molar-refractivity contribution is 0.596. The van der Waals surface area contributed by atoms with Crippen molar-refractivity contribution < 1.29 is 4.21 Å². The third-order valence-electron chi connectivity index (χ3n) is 3.72. The van der Waals surface area contributed by atoms with Gasteiger partial charge in [0.1, 0.15) is 5.39 Å². The molecule has 3 aromatic heterocycles. The molecule has 0 saturated carbocycles. The van der Waals surface area contributed by atoms with Crippen LogP contribution in [-0.4, -0.2) is 47.3 Å². The van der Waals surface area contributed by atoms with Crippen molar-refractivity contribution in [2.75, 3.05) is 18.8 Å². The molecule has 0 aliphatic heterocycles. The number of hydrogen-bond donors (Lipinski definition) is 0. The molecule has 0 bridgehead atoms. The van der Waals surface area contributed by atoms with Crippen molar-refractivity contribution in [3.05, 3.63) is 46.9 Å². The molecule has 0 aliphatic carbocycles. The van der Waals surface area contributed by atoms with E-state index in [1.165, 1.54) is 22.6 Å². The molecule has 0 aliphatic rings. The first-order valence-electron chi connectivity index (χ1n) is 8.03. The van der Waals surface area contributed by atoms with Crippen molar-refractivity contribution in [2.45, 2.75) is 18.6 Å². The first kappa shape index (κ1) is 19.3. The van der Waals surface area contributed by atoms with Crippen molar-refractivity contribution in [2.24, 2.45) is 4.36 Å². The number of allylic oxidation sites excluding steroid dienone is 1. The van der Waals surface area contributed by atoms with Crippen molar-refractivity contribution in [1.82, 2.24) is 24.3 Å². The van der Waals surface area contributed by atoms with Crippen molar-refractivity contribution >= 4 is 38.3 Å². The normalized spacial score (nSPS) is 11.7. The lowest BCUT2D eigenvalue weighted by Crippen LogP contribution is -2.22. The minimum Gasteiger partial charge on any atom is -0.267 e. The van der Waals surface area contributed by atoms with E-state index >= 15 is 0 Å². The van der Waals surface area contributed by atoms with Crippen molar-refractivity contribution in [1.29, 1.82) is 0 Å². The van der Waals surface area contributed by atoms with E-state index in [0.29, 0.717) is 27.8 Å². The van der Waals surface area contributed by atoms with Gasteiger partial charge in [-0.1, -0.05) is 23.9 Å². The standard InChI is InChI=1S/C17H20N6O2S2/c1-6-9-22-16(24)12-10-18-17(26-3)20-15(12)23(22)13-8-7-11(2)14(19-13)21-27(4,5)25/h6-8,10H,1,9H2,2-5H3. The molecule has 142 valence electrons. The van der Waals surface area contributed by atoms with Crippen LogP contribution in [0.5, 0.6) is 0 Å². The Bertz CT molecular complexity index is 1210. The summed E-state index contributed by atoms with van der Waals surface area (Å²) in [4.78, 5) is 26.0. The lowest BCUT2D eigenvalue weighted by Gasteiger charge is -2.11. The quantitative estimate of drug-likeness (QED) is 0.368. The van der Waals surface area contributed by atoms with Crippen LogP contribution in [0.2, 0.25) is 0 Å². The van der Waals surface area contributed by atoms with Crippen LogP contribution in [-0.2, 0) is 16.3 Å². The molecule has 3 heterocycles. The fourth-order valence-electron chi connectivity index (χ4n) is 2.56. The van der Waals surface area contributed by atoms with E-state index in [0.717, 1.165) is 5.56 Å². The molecule has 0 unspecified atom stereocenters. The number of fused-ring (bicyclic) bond motifs is 1. The summed E-state index contributed by atoms with van der Waals surface area (Å²) in [5.74, 6) is 0.837. The van der Waals surface area contributed by atoms with Gasteiger partial charge in [-0.15, -0.1) is 6.58 Å². The highest BCUT2D eigenvalue weighted by Crippen LogP contribution is 2.22. The average Bonchev–Trinajstić information content (AvgIpc) is 2.88.